The third kappa shape index (κ3) is 4.90. The summed E-state index contributed by atoms with van der Waals surface area (Å²) in [6.07, 6.45) is -0.295. The van der Waals surface area contributed by atoms with E-state index in [-0.39, 0.29) is 18.4 Å². The minimum atomic E-state index is -1.90. The van der Waals surface area contributed by atoms with Crippen LogP contribution in [0.25, 0.3) is 0 Å². The van der Waals surface area contributed by atoms with Gasteiger partial charge in [-0.15, -0.1) is 0 Å². The Bertz CT molecular complexity index is 343. The van der Waals surface area contributed by atoms with E-state index in [9.17, 15) is 9.59 Å². The summed E-state index contributed by atoms with van der Waals surface area (Å²) in [6.45, 7) is 5.95. The molecule has 1 aliphatic heterocycles. The van der Waals surface area contributed by atoms with Crippen LogP contribution in [0.15, 0.2) is 0 Å². The maximum atomic E-state index is 11.5. The number of rotatable bonds is 5. The number of carbonyl (C=O) groups is 2. The van der Waals surface area contributed by atoms with Gasteiger partial charge in [0.15, 0.2) is 6.10 Å². The summed E-state index contributed by atoms with van der Waals surface area (Å²) < 4.78 is 15.0. The Morgan fingerprint density at radius 2 is 1.89 bits per heavy atom. The Morgan fingerprint density at radius 1 is 1.26 bits per heavy atom. The largest absolute Gasteiger partial charge is 0.469 e. The molecular weight excluding hydrogens is 270 g/mol. The maximum Gasteiger partial charge on any atom is 0.337 e. The molecule has 0 spiro atoms. The van der Waals surface area contributed by atoms with E-state index in [1.165, 1.54) is 19.4 Å². The van der Waals surface area contributed by atoms with E-state index < -0.39 is 20.4 Å². The van der Waals surface area contributed by atoms with E-state index >= 15 is 0 Å². The number of ether oxygens (including phenoxy) is 2. The number of hydroxylamine groups is 2. The topological polar surface area (TPSA) is 74.3 Å². The van der Waals surface area contributed by atoms with Gasteiger partial charge in [0.25, 0.3) is 0 Å². The number of esters is 2. The molecule has 1 aliphatic rings. The van der Waals surface area contributed by atoms with Gasteiger partial charge in [0.1, 0.15) is 0 Å². The van der Waals surface area contributed by atoms with Gasteiger partial charge >= 0.3 is 11.9 Å². The highest BCUT2D eigenvalue weighted by Crippen LogP contribution is 2.27. The number of methoxy groups -OCH3 is 2. The number of nitrogens with zero attached hydrogens (tertiary/aromatic N) is 1. The lowest BCUT2D eigenvalue weighted by atomic mass is 10.1. The third-order valence-electron chi connectivity index (χ3n) is 2.47. The summed E-state index contributed by atoms with van der Waals surface area (Å²) in [4.78, 5) is 28.3. The quantitative estimate of drug-likeness (QED) is 0.549. The summed E-state index contributed by atoms with van der Waals surface area (Å²) in [5, 5.41) is 1.27. The minimum absolute atomic E-state index is 0.106. The highest BCUT2D eigenvalue weighted by molar-refractivity contribution is 6.69. The SMILES string of the molecule is COC(=O)CC1CC(C(=O)OC)ON1O[Si](C)(C)C. The average Bonchev–Trinajstić information content (AvgIpc) is 2.68. The van der Waals surface area contributed by atoms with Gasteiger partial charge < -0.3 is 14.0 Å². The van der Waals surface area contributed by atoms with Crippen molar-refractivity contribution in [1.82, 2.24) is 5.23 Å². The molecule has 8 heteroatoms. The molecule has 0 aromatic carbocycles. The number of carbonyl (C=O) groups excluding carboxylic acids is 2. The van der Waals surface area contributed by atoms with Crippen LogP contribution in [0.3, 0.4) is 0 Å². The number of hydrogen-bond acceptors (Lipinski definition) is 7. The van der Waals surface area contributed by atoms with E-state index in [1.807, 2.05) is 19.6 Å². The zero-order chi connectivity index (χ0) is 14.6. The Labute approximate surface area is 113 Å². The molecule has 2 atom stereocenters. The van der Waals surface area contributed by atoms with Gasteiger partial charge in [0.2, 0.25) is 8.32 Å². The van der Waals surface area contributed by atoms with Gasteiger partial charge in [-0.25, -0.2) is 4.79 Å². The lowest BCUT2D eigenvalue weighted by Crippen LogP contribution is -2.40. The highest BCUT2D eigenvalue weighted by Gasteiger charge is 2.42. The predicted molar refractivity (Wildman–Crippen MR) is 68.2 cm³/mol. The normalized spacial score (nSPS) is 24.3. The molecule has 0 N–H and O–H groups in total. The van der Waals surface area contributed by atoms with Crippen molar-refractivity contribution in [3.8, 4) is 0 Å². The molecule has 2 unspecified atom stereocenters. The molecule has 0 aliphatic carbocycles. The fourth-order valence-corrected chi connectivity index (χ4v) is 2.39. The molecule has 0 radical (unpaired) electrons. The van der Waals surface area contributed by atoms with Crippen LogP contribution in [0.4, 0.5) is 0 Å². The second kappa shape index (κ2) is 6.46. The first-order valence-electron chi connectivity index (χ1n) is 6.06. The summed E-state index contributed by atoms with van der Waals surface area (Å²) in [6, 6.07) is -0.344. The van der Waals surface area contributed by atoms with E-state index in [0.29, 0.717) is 6.42 Å². The van der Waals surface area contributed by atoms with Gasteiger partial charge in [-0.3, -0.25) is 9.63 Å². The smallest absolute Gasteiger partial charge is 0.337 e. The average molecular weight is 291 g/mol. The second-order valence-corrected chi connectivity index (χ2v) is 9.68. The van der Waals surface area contributed by atoms with E-state index in [4.69, 9.17) is 9.36 Å². The van der Waals surface area contributed by atoms with Crippen molar-refractivity contribution in [2.45, 2.75) is 44.6 Å². The Hall–Kier alpha value is -0.963. The van der Waals surface area contributed by atoms with Crippen molar-refractivity contribution < 1.29 is 28.4 Å². The summed E-state index contributed by atoms with van der Waals surface area (Å²) >= 11 is 0. The monoisotopic (exact) mass is 291 g/mol. The second-order valence-electron chi connectivity index (χ2n) is 5.28. The number of hydrogen-bond donors (Lipinski definition) is 0. The molecule has 0 aromatic rings. The summed E-state index contributed by atoms with van der Waals surface area (Å²) in [5.41, 5.74) is 0. The van der Waals surface area contributed by atoms with Gasteiger partial charge in [0, 0.05) is 6.42 Å². The Kier molecular flexibility index (Phi) is 5.47. The molecule has 7 nitrogen and oxygen atoms in total. The third-order valence-corrected chi connectivity index (χ3v) is 3.20. The van der Waals surface area contributed by atoms with E-state index in [0.717, 1.165) is 0 Å². The molecule has 1 saturated heterocycles. The highest BCUT2D eigenvalue weighted by atomic mass is 28.4. The van der Waals surface area contributed by atoms with Crippen molar-refractivity contribution in [3.63, 3.8) is 0 Å². The van der Waals surface area contributed by atoms with Gasteiger partial charge in [-0.2, -0.15) is 0 Å². The summed E-state index contributed by atoms with van der Waals surface area (Å²) in [7, 11) is 0.711. The van der Waals surface area contributed by atoms with Crippen LogP contribution in [0.2, 0.25) is 19.6 Å². The molecule has 0 saturated carbocycles. The molecule has 19 heavy (non-hydrogen) atoms. The molecule has 1 rings (SSSR count). The van der Waals surface area contributed by atoms with Crippen molar-refractivity contribution in [1.29, 1.82) is 0 Å². The first-order valence-corrected chi connectivity index (χ1v) is 9.47. The zero-order valence-corrected chi connectivity index (χ0v) is 13.0. The van der Waals surface area contributed by atoms with Crippen LogP contribution >= 0.6 is 0 Å². The standard InChI is InChI=1S/C11H21NO6Si/c1-15-10(13)7-8-6-9(11(14)16-2)17-12(8)18-19(3,4)5/h8-9H,6-7H2,1-5H3. The van der Waals surface area contributed by atoms with Crippen molar-refractivity contribution in [3.05, 3.63) is 0 Å². The minimum Gasteiger partial charge on any atom is -0.469 e. The molecule has 1 fully saturated rings. The lowest BCUT2D eigenvalue weighted by molar-refractivity contribution is -0.324. The van der Waals surface area contributed by atoms with Gasteiger partial charge in [-0.05, 0) is 19.6 Å². The predicted octanol–water partition coefficient (Wildman–Crippen LogP) is 0.863. The van der Waals surface area contributed by atoms with E-state index in [1.54, 1.807) is 0 Å². The Balaban J connectivity index is 2.72. The molecule has 1 heterocycles. The van der Waals surface area contributed by atoms with Gasteiger partial charge in [-0.1, -0.05) is 5.23 Å². The Morgan fingerprint density at radius 3 is 2.37 bits per heavy atom. The first-order chi connectivity index (χ1) is 8.76. The summed E-state index contributed by atoms with van der Waals surface area (Å²) in [5.74, 6) is -0.847. The van der Waals surface area contributed by atoms with Crippen LogP contribution in [-0.4, -0.2) is 51.8 Å². The van der Waals surface area contributed by atoms with Crippen molar-refractivity contribution in [2.24, 2.45) is 0 Å². The van der Waals surface area contributed by atoms with Crippen LogP contribution in [-0.2, 0) is 28.4 Å². The fourth-order valence-electron chi connectivity index (χ4n) is 1.66. The lowest BCUT2D eigenvalue weighted by Gasteiger charge is -2.28. The molecular formula is C11H21NO6Si. The van der Waals surface area contributed by atoms with Crippen LogP contribution < -0.4 is 0 Å². The van der Waals surface area contributed by atoms with Gasteiger partial charge in [0.05, 0.1) is 26.7 Å². The molecule has 0 bridgehead atoms. The van der Waals surface area contributed by atoms with Crippen molar-refractivity contribution >= 4 is 20.3 Å². The van der Waals surface area contributed by atoms with Crippen molar-refractivity contribution in [2.75, 3.05) is 14.2 Å². The molecule has 110 valence electrons. The molecule has 0 aromatic heterocycles. The zero-order valence-electron chi connectivity index (χ0n) is 12.0. The fraction of sp³-hybridized carbons (Fsp3) is 0.818. The first kappa shape index (κ1) is 16.1. The molecule has 0 amide bonds. The van der Waals surface area contributed by atoms with Crippen LogP contribution in [0.1, 0.15) is 12.8 Å². The van der Waals surface area contributed by atoms with Crippen LogP contribution in [0.5, 0.6) is 0 Å². The maximum absolute atomic E-state index is 11.5. The van der Waals surface area contributed by atoms with Crippen LogP contribution in [0, 0.1) is 0 Å². The van der Waals surface area contributed by atoms with E-state index in [2.05, 4.69) is 9.47 Å².